The van der Waals surface area contributed by atoms with Crippen molar-refractivity contribution >= 4 is 34.9 Å². The minimum Gasteiger partial charge on any atom is -0.366 e. The van der Waals surface area contributed by atoms with E-state index in [4.69, 9.17) is 0 Å². The van der Waals surface area contributed by atoms with E-state index < -0.39 is 41.3 Å². The summed E-state index contributed by atoms with van der Waals surface area (Å²) in [7, 11) is 1.49. The van der Waals surface area contributed by atoms with Gasteiger partial charge in [0, 0.05) is 64.3 Å². The topological polar surface area (TPSA) is 80.3 Å². The molecule has 1 aromatic heterocycles. The van der Waals surface area contributed by atoms with Gasteiger partial charge in [-0.3, -0.25) is 19.3 Å². The number of fused-ring (bicyclic) bond motifs is 3. The van der Waals surface area contributed by atoms with Gasteiger partial charge in [-0.2, -0.15) is 13.2 Å². The molecule has 2 aromatic rings. The van der Waals surface area contributed by atoms with Crippen LogP contribution in [0.3, 0.4) is 0 Å². The van der Waals surface area contributed by atoms with Crippen LogP contribution < -0.4 is 14.7 Å². The van der Waals surface area contributed by atoms with Crippen molar-refractivity contribution in [1.82, 2.24) is 14.8 Å². The number of hydrogen-bond donors (Lipinski definition) is 0. The fraction of sp³-hybridized carbons (Fsp3) is 0.500. The van der Waals surface area contributed by atoms with Crippen LogP contribution in [0.4, 0.5) is 34.8 Å². The number of hydrogen-bond acceptors (Lipinski definition) is 6. The van der Waals surface area contributed by atoms with Crippen LogP contribution in [0.25, 0.3) is 0 Å². The number of rotatable bonds is 5. The number of alkyl halides is 3. The van der Waals surface area contributed by atoms with E-state index in [1.165, 1.54) is 37.1 Å². The van der Waals surface area contributed by atoms with Crippen molar-refractivity contribution in [2.45, 2.75) is 32.0 Å². The van der Waals surface area contributed by atoms with Crippen molar-refractivity contribution in [3.8, 4) is 0 Å². The summed E-state index contributed by atoms with van der Waals surface area (Å²) in [4.78, 5) is 52.2. The van der Waals surface area contributed by atoms with E-state index in [0.29, 0.717) is 37.2 Å². The molecule has 0 N–H and O–H groups in total. The molecule has 0 spiro atoms. The third kappa shape index (κ3) is 5.78. The first kappa shape index (κ1) is 31.0. The average molecular weight is 629 g/mol. The number of likely N-dealkylation sites (N-methyl/N-ethyl adjacent to an activating group) is 1. The number of piperidine rings is 1. The standard InChI is InChI=1S/C32H36F4N6O3/c1-4-27(43)41-16-20-8-9-39(15-22(20)18-41)10-11-40-17-21-13-28(44)42(26-14-23(32(34,35)36)12-19(2)37-26)29(21)31(45)38(3)25-7-5-6-24(33)30(25)40/h4-7,12,14,20-22,29H,1,8-11,13,15-18H2,2-3H3/t20-,21+,22+,29-/m0/s1. The number of amides is 3. The lowest BCUT2D eigenvalue weighted by molar-refractivity contribution is -0.137. The number of aryl methyl sites for hydroxylation is 1. The molecule has 3 amide bonds. The lowest BCUT2D eigenvalue weighted by Crippen LogP contribution is -2.53. The fourth-order valence-corrected chi connectivity index (χ4v) is 7.49. The molecule has 4 aliphatic heterocycles. The number of nitrogens with zero attached hydrogens (tertiary/aromatic N) is 6. The number of para-hydroxylation sites is 1. The Hall–Kier alpha value is -4.00. The highest BCUT2D eigenvalue weighted by Crippen LogP contribution is 2.41. The Labute approximate surface area is 259 Å². The Kier molecular flexibility index (Phi) is 8.09. The average Bonchev–Trinajstić information content (AvgIpc) is 3.56. The van der Waals surface area contributed by atoms with Gasteiger partial charge in [0.2, 0.25) is 17.7 Å². The number of carbonyl (C=O) groups excluding carboxylic acids is 3. The largest absolute Gasteiger partial charge is 0.416 e. The van der Waals surface area contributed by atoms with Crippen molar-refractivity contribution in [3.05, 3.63) is 60.1 Å². The van der Waals surface area contributed by atoms with E-state index in [-0.39, 0.29) is 36.1 Å². The first-order valence-electron chi connectivity index (χ1n) is 15.2. The lowest BCUT2D eigenvalue weighted by atomic mass is 9.89. The number of likely N-dealkylation sites (tertiary alicyclic amines) is 2. The van der Waals surface area contributed by atoms with Gasteiger partial charge in [-0.1, -0.05) is 12.6 Å². The second-order valence-corrected chi connectivity index (χ2v) is 12.5. The molecule has 240 valence electrons. The van der Waals surface area contributed by atoms with E-state index in [2.05, 4.69) is 16.5 Å². The Balaban J connectivity index is 1.28. The molecule has 45 heavy (non-hydrogen) atoms. The van der Waals surface area contributed by atoms with Crippen molar-refractivity contribution in [1.29, 1.82) is 0 Å². The number of carbonyl (C=O) groups is 3. The van der Waals surface area contributed by atoms with E-state index >= 15 is 4.39 Å². The summed E-state index contributed by atoms with van der Waals surface area (Å²) < 4.78 is 56.6. The summed E-state index contributed by atoms with van der Waals surface area (Å²) in [5.41, 5.74) is -0.312. The predicted molar refractivity (Wildman–Crippen MR) is 160 cm³/mol. The molecular weight excluding hydrogens is 592 g/mol. The van der Waals surface area contributed by atoms with Gasteiger partial charge in [-0.15, -0.1) is 0 Å². The summed E-state index contributed by atoms with van der Waals surface area (Å²) in [5, 5.41) is 0. The predicted octanol–water partition coefficient (Wildman–Crippen LogP) is 3.72. The molecule has 0 saturated carbocycles. The summed E-state index contributed by atoms with van der Waals surface area (Å²) in [6, 6.07) is 5.07. The molecule has 0 unspecified atom stereocenters. The zero-order valence-electron chi connectivity index (χ0n) is 25.3. The fourth-order valence-electron chi connectivity index (χ4n) is 7.49. The van der Waals surface area contributed by atoms with Gasteiger partial charge >= 0.3 is 6.18 Å². The van der Waals surface area contributed by atoms with Crippen LogP contribution in [-0.4, -0.2) is 91.4 Å². The van der Waals surface area contributed by atoms with Crippen LogP contribution in [-0.2, 0) is 20.6 Å². The summed E-state index contributed by atoms with van der Waals surface area (Å²) >= 11 is 0. The summed E-state index contributed by atoms with van der Waals surface area (Å²) in [6.07, 6.45) is -2.48. The van der Waals surface area contributed by atoms with Crippen LogP contribution in [0.5, 0.6) is 0 Å². The quantitative estimate of drug-likeness (QED) is 0.371. The van der Waals surface area contributed by atoms with Gasteiger partial charge in [0.05, 0.1) is 16.9 Å². The van der Waals surface area contributed by atoms with E-state index in [0.717, 1.165) is 43.1 Å². The van der Waals surface area contributed by atoms with E-state index in [1.807, 2.05) is 9.80 Å². The Morgan fingerprint density at radius 3 is 2.56 bits per heavy atom. The highest BCUT2D eigenvalue weighted by atomic mass is 19.4. The molecule has 3 saturated heterocycles. The van der Waals surface area contributed by atoms with Gasteiger partial charge in [0.1, 0.15) is 17.7 Å². The monoisotopic (exact) mass is 628 g/mol. The molecule has 4 atom stereocenters. The molecule has 5 heterocycles. The first-order valence-corrected chi connectivity index (χ1v) is 15.2. The second kappa shape index (κ2) is 11.7. The van der Waals surface area contributed by atoms with Crippen molar-refractivity contribution in [3.63, 3.8) is 0 Å². The molecule has 3 fully saturated rings. The van der Waals surface area contributed by atoms with Crippen LogP contribution >= 0.6 is 0 Å². The maximum atomic E-state index is 15.6. The Morgan fingerprint density at radius 1 is 1.07 bits per heavy atom. The highest BCUT2D eigenvalue weighted by molar-refractivity contribution is 6.10. The number of aromatic nitrogens is 1. The molecule has 6 rings (SSSR count). The van der Waals surface area contributed by atoms with Crippen LogP contribution in [0.2, 0.25) is 0 Å². The molecular formula is C32H36F4N6O3. The van der Waals surface area contributed by atoms with Gasteiger partial charge < -0.3 is 19.6 Å². The second-order valence-electron chi connectivity index (χ2n) is 12.5. The molecule has 1 aromatic carbocycles. The van der Waals surface area contributed by atoms with Gasteiger partial charge in [0.25, 0.3) is 0 Å². The molecule has 0 aliphatic carbocycles. The maximum Gasteiger partial charge on any atom is 0.416 e. The first-order chi connectivity index (χ1) is 21.3. The van der Waals surface area contributed by atoms with Gasteiger partial charge in [-0.05, 0) is 62.1 Å². The third-order valence-electron chi connectivity index (χ3n) is 9.68. The number of pyridine rings is 1. The molecule has 9 nitrogen and oxygen atoms in total. The minimum atomic E-state index is -4.66. The highest BCUT2D eigenvalue weighted by Gasteiger charge is 2.49. The van der Waals surface area contributed by atoms with Crippen LogP contribution in [0.1, 0.15) is 24.1 Å². The minimum absolute atomic E-state index is 0.0625. The Morgan fingerprint density at radius 2 is 1.82 bits per heavy atom. The van der Waals surface area contributed by atoms with Crippen molar-refractivity contribution in [2.75, 3.05) is 67.6 Å². The maximum absolute atomic E-state index is 15.6. The molecule has 4 aliphatic rings. The zero-order valence-corrected chi connectivity index (χ0v) is 25.3. The molecule has 0 bridgehead atoms. The van der Waals surface area contributed by atoms with Crippen molar-refractivity contribution < 1.29 is 31.9 Å². The van der Waals surface area contributed by atoms with E-state index in [9.17, 15) is 27.6 Å². The third-order valence-corrected chi connectivity index (χ3v) is 9.68. The van der Waals surface area contributed by atoms with Crippen LogP contribution in [0, 0.1) is 30.5 Å². The van der Waals surface area contributed by atoms with E-state index in [1.54, 1.807) is 6.07 Å². The summed E-state index contributed by atoms with van der Waals surface area (Å²) in [5.74, 6) is -1.68. The lowest BCUT2D eigenvalue weighted by Gasteiger charge is -2.40. The normalized spacial score (nSPS) is 25.6. The van der Waals surface area contributed by atoms with Crippen molar-refractivity contribution in [2.24, 2.45) is 17.8 Å². The van der Waals surface area contributed by atoms with Crippen LogP contribution in [0.15, 0.2) is 43.0 Å². The molecule has 13 heteroatoms. The smallest absolute Gasteiger partial charge is 0.366 e. The number of benzene rings is 1. The Bertz CT molecular complexity index is 1530. The zero-order chi connectivity index (χ0) is 32.2. The SMILES string of the molecule is C=CC(=O)N1C[C@H]2CN(CCN3C[C@H]4CC(=O)N(c5cc(C(F)(F)F)cc(C)n5)[C@@H]4C(=O)N(C)c4cccc(F)c43)CC[C@H]2C1. The van der Waals surface area contributed by atoms with Gasteiger partial charge in [0.15, 0.2) is 0 Å². The molecule has 0 radical (unpaired) electrons. The number of halogens is 4. The number of anilines is 3. The van der Waals surface area contributed by atoms with Gasteiger partial charge in [-0.25, -0.2) is 9.37 Å². The summed E-state index contributed by atoms with van der Waals surface area (Å²) in [6.45, 7) is 9.17.